The molecule has 1 aromatic carbocycles. The summed E-state index contributed by atoms with van der Waals surface area (Å²) in [6.07, 6.45) is 5.39. The number of fused-ring (bicyclic) bond motifs is 1. The number of hydrogen-bond acceptors (Lipinski definition) is 5. The van der Waals surface area contributed by atoms with Gasteiger partial charge in [0.25, 0.3) is 5.56 Å². The summed E-state index contributed by atoms with van der Waals surface area (Å²) >= 11 is 0. The van der Waals surface area contributed by atoms with E-state index in [0.29, 0.717) is 17.4 Å². The molecule has 1 atom stereocenters. The number of benzene rings is 1. The summed E-state index contributed by atoms with van der Waals surface area (Å²) < 4.78 is 6.91. The molecule has 0 aliphatic carbocycles. The van der Waals surface area contributed by atoms with Crippen LogP contribution in [0.5, 0.6) is 0 Å². The van der Waals surface area contributed by atoms with E-state index in [9.17, 15) is 9.59 Å². The van der Waals surface area contributed by atoms with Crippen LogP contribution < -0.4 is 10.9 Å². The van der Waals surface area contributed by atoms with E-state index in [-0.39, 0.29) is 24.1 Å². The fourth-order valence-electron chi connectivity index (χ4n) is 3.58. The molecule has 1 N–H and O–H groups in total. The van der Waals surface area contributed by atoms with E-state index in [1.165, 1.54) is 10.9 Å². The summed E-state index contributed by atoms with van der Waals surface area (Å²) in [4.78, 5) is 31.5. The van der Waals surface area contributed by atoms with Gasteiger partial charge in [0.1, 0.15) is 12.3 Å². The van der Waals surface area contributed by atoms with Crippen LogP contribution in [0.25, 0.3) is 10.9 Å². The Morgan fingerprint density at radius 2 is 2.00 bits per heavy atom. The second-order valence-corrected chi connectivity index (χ2v) is 6.77. The second-order valence-electron chi connectivity index (χ2n) is 6.77. The number of likely N-dealkylation sites (tertiary alicyclic amines) is 1. The quantitative estimate of drug-likeness (QED) is 0.721. The molecule has 140 valence electrons. The van der Waals surface area contributed by atoms with Crippen LogP contribution in [-0.4, -0.2) is 40.0 Å². The van der Waals surface area contributed by atoms with E-state index in [0.717, 1.165) is 31.7 Å². The summed E-state index contributed by atoms with van der Waals surface area (Å²) in [5, 5.41) is 3.46. The van der Waals surface area contributed by atoms with Crippen LogP contribution in [0.3, 0.4) is 0 Å². The molecular formula is C20H22N4O3. The summed E-state index contributed by atoms with van der Waals surface area (Å²) in [5.41, 5.74) is 0.420. The predicted octanol–water partition coefficient (Wildman–Crippen LogP) is 1.94. The monoisotopic (exact) mass is 366 g/mol. The zero-order valence-corrected chi connectivity index (χ0v) is 15.0. The maximum absolute atomic E-state index is 12.5. The van der Waals surface area contributed by atoms with Crippen LogP contribution in [0.4, 0.5) is 0 Å². The largest absolute Gasteiger partial charge is 0.468 e. The van der Waals surface area contributed by atoms with Gasteiger partial charge in [-0.2, -0.15) is 0 Å². The molecule has 3 heterocycles. The minimum absolute atomic E-state index is 0.0119. The van der Waals surface area contributed by atoms with Gasteiger partial charge in [0, 0.05) is 6.54 Å². The highest BCUT2D eigenvalue weighted by molar-refractivity contribution is 5.78. The van der Waals surface area contributed by atoms with Crippen molar-refractivity contribution in [2.75, 3.05) is 19.6 Å². The number of amides is 1. The number of furan rings is 1. The van der Waals surface area contributed by atoms with E-state index < -0.39 is 0 Å². The van der Waals surface area contributed by atoms with Crippen molar-refractivity contribution in [3.05, 3.63) is 65.1 Å². The van der Waals surface area contributed by atoms with Gasteiger partial charge in [0.15, 0.2) is 0 Å². The Morgan fingerprint density at radius 1 is 1.19 bits per heavy atom. The van der Waals surface area contributed by atoms with Gasteiger partial charge in [-0.05, 0) is 50.2 Å². The first kappa shape index (κ1) is 17.5. The normalized spacial score (nSPS) is 15.9. The zero-order valence-electron chi connectivity index (χ0n) is 15.0. The van der Waals surface area contributed by atoms with Crippen molar-refractivity contribution in [3.63, 3.8) is 0 Å². The zero-order chi connectivity index (χ0) is 18.6. The number of aromatic nitrogens is 2. The lowest BCUT2D eigenvalue weighted by Gasteiger charge is -2.26. The highest BCUT2D eigenvalue weighted by Gasteiger charge is 2.26. The number of rotatable bonds is 6. The van der Waals surface area contributed by atoms with Gasteiger partial charge in [0.05, 0.1) is 29.5 Å². The van der Waals surface area contributed by atoms with Crippen LogP contribution in [0.2, 0.25) is 0 Å². The third-order valence-electron chi connectivity index (χ3n) is 4.99. The first-order valence-electron chi connectivity index (χ1n) is 9.21. The lowest BCUT2D eigenvalue weighted by molar-refractivity contribution is -0.122. The van der Waals surface area contributed by atoms with Gasteiger partial charge in [-0.15, -0.1) is 0 Å². The van der Waals surface area contributed by atoms with Crippen molar-refractivity contribution < 1.29 is 9.21 Å². The Morgan fingerprint density at radius 3 is 2.78 bits per heavy atom. The van der Waals surface area contributed by atoms with E-state index in [1.54, 1.807) is 24.5 Å². The van der Waals surface area contributed by atoms with Crippen molar-refractivity contribution in [2.24, 2.45) is 0 Å². The molecule has 1 saturated heterocycles. The molecule has 4 rings (SSSR count). The van der Waals surface area contributed by atoms with Gasteiger partial charge >= 0.3 is 0 Å². The highest BCUT2D eigenvalue weighted by atomic mass is 16.3. The van der Waals surface area contributed by atoms with Gasteiger partial charge in [-0.1, -0.05) is 12.1 Å². The first-order chi connectivity index (χ1) is 13.2. The highest BCUT2D eigenvalue weighted by Crippen LogP contribution is 2.24. The molecule has 7 heteroatoms. The second kappa shape index (κ2) is 7.75. The molecule has 0 unspecified atom stereocenters. The third kappa shape index (κ3) is 3.78. The molecule has 3 aromatic rings. The Balaban J connectivity index is 1.44. The van der Waals surface area contributed by atoms with Crippen molar-refractivity contribution in [1.29, 1.82) is 0 Å². The maximum Gasteiger partial charge on any atom is 0.261 e. The SMILES string of the molecule is O=C(Cn1cnc2ccccc2c1=O)NC[C@@H](c1ccco1)N1CCCC1. The van der Waals surface area contributed by atoms with Crippen molar-refractivity contribution in [1.82, 2.24) is 19.8 Å². The first-order valence-corrected chi connectivity index (χ1v) is 9.21. The Kier molecular flexibility index (Phi) is 5.02. The van der Waals surface area contributed by atoms with E-state index in [2.05, 4.69) is 15.2 Å². The molecule has 0 bridgehead atoms. The molecule has 1 aliphatic rings. The molecule has 7 nitrogen and oxygen atoms in total. The molecule has 0 radical (unpaired) electrons. The molecule has 0 spiro atoms. The number of nitrogens with one attached hydrogen (secondary N) is 1. The fraction of sp³-hybridized carbons (Fsp3) is 0.350. The molecule has 27 heavy (non-hydrogen) atoms. The Hall–Kier alpha value is -2.93. The standard InChI is InChI=1S/C20H22N4O3/c25-19(13-24-14-22-16-7-2-1-6-15(16)20(24)26)21-12-17(18-8-5-11-27-18)23-9-3-4-10-23/h1-2,5-8,11,14,17H,3-4,9-10,12-13H2,(H,21,25)/t17-/m0/s1. The molecule has 2 aromatic heterocycles. The van der Waals surface area contributed by atoms with Crippen LogP contribution in [-0.2, 0) is 11.3 Å². The van der Waals surface area contributed by atoms with E-state index in [1.807, 2.05) is 18.2 Å². The predicted molar refractivity (Wildman–Crippen MR) is 101 cm³/mol. The maximum atomic E-state index is 12.5. The number of carbonyl (C=O) groups excluding carboxylic acids is 1. The van der Waals surface area contributed by atoms with Crippen LogP contribution >= 0.6 is 0 Å². The Bertz CT molecular complexity index is 974. The smallest absolute Gasteiger partial charge is 0.261 e. The topological polar surface area (TPSA) is 80.4 Å². The average Bonchev–Trinajstić information content (AvgIpc) is 3.39. The van der Waals surface area contributed by atoms with Crippen molar-refractivity contribution >= 4 is 16.8 Å². The molecule has 1 amide bonds. The number of nitrogens with zero attached hydrogens (tertiary/aromatic N) is 3. The van der Waals surface area contributed by atoms with Gasteiger partial charge in [-0.3, -0.25) is 19.1 Å². The summed E-state index contributed by atoms with van der Waals surface area (Å²) in [7, 11) is 0. The number of para-hydroxylation sites is 1. The van der Waals surface area contributed by atoms with Crippen LogP contribution in [0, 0.1) is 0 Å². The number of hydrogen-bond donors (Lipinski definition) is 1. The molecule has 1 fully saturated rings. The Labute approximate surface area is 156 Å². The molecule has 0 saturated carbocycles. The summed E-state index contributed by atoms with van der Waals surface area (Å²) in [5.74, 6) is 0.631. The van der Waals surface area contributed by atoms with Crippen LogP contribution in [0.1, 0.15) is 24.6 Å². The van der Waals surface area contributed by atoms with Crippen molar-refractivity contribution in [2.45, 2.75) is 25.4 Å². The lowest BCUT2D eigenvalue weighted by Crippen LogP contribution is -2.39. The third-order valence-corrected chi connectivity index (χ3v) is 4.99. The van der Waals surface area contributed by atoms with Gasteiger partial charge < -0.3 is 9.73 Å². The lowest BCUT2D eigenvalue weighted by atomic mass is 10.2. The number of carbonyl (C=O) groups is 1. The van der Waals surface area contributed by atoms with Gasteiger partial charge in [-0.25, -0.2) is 4.98 Å². The summed E-state index contributed by atoms with van der Waals surface area (Å²) in [6, 6.07) is 10.9. The summed E-state index contributed by atoms with van der Waals surface area (Å²) in [6.45, 7) is 2.38. The van der Waals surface area contributed by atoms with Crippen LogP contribution in [0.15, 0.2) is 58.2 Å². The molecular weight excluding hydrogens is 344 g/mol. The van der Waals surface area contributed by atoms with E-state index >= 15 is 0 Å². The van der Waals surface area contributed by atoms with Crippen molar-refractivity contribution in [3.8, 4) is 0 Å². The minimum Gasteiger partial charge on any atom is -0.468 e. The minimum atomic E-state index is -0.218. The van der Waals surface area contributed by atoms with E-state index in [4.69, 9.17) is 4.42 Å². The average molecular weight is 366 g/mol. The molecule has 1 aliphatic heterocycles. The van der Waals surface area contributed by atoms with Gasteiger partial charge in [0.2, 0.25) is 5.91 Å². The fourth-order valence-corrected chi connectivity index (χ4v) is 3.58.